The number of nitrogens with zero attached hydrogens (tertiary/aromatic N) is 1. The first-order valence-electron chi connectivity index (χ1n) is 7.94. The van der Waals surface area contributed by atoms with E-state index in [1.165, 1.54) is 0 Å². The van der Waals surface area contributed by atoms with Crippen molar-refractivity contribution < 1.29 is 4.79 Å². The highest BCUT2D eigenvalue weighted by Gasteiger charge is 2.14. The van der Waals surface area contributed by atoms with E-state index >= 15 is 0 Å². The molecule has 0 bridgehead atoms. The zero-order valence-electron chi connectivity index (χ0n) is 13.4. The van der Waals surface area contributed by atoms with Crippen molar-refractivity contribution in [3.05, 3.63) is 59.6 Å². The van der Waals surface area contributed by atoms with Crippen LogP contribution in [0.1, 0.15) is 26.2 Å². The van der Waals surface area contributed by atoms with Crippen LogP contribution in [0.5, 0.6) is 0 Å². The molecule has 2 nitrogen and oxygen atoms in total. The minimum absolute atomic E-state index is 0.186. The number of unbranched alkanes of at least 4 members (excludes halogenated alkanes) is 1. The van der Waals surface area contributed by atoms with Crippen LogP contribution in [0, 0.1) is 0 Å². The number of thioether (sulfide) groups is 1. The fourth-order valence-electron chi connectivity index (χ4n) is 2.24. The van der Waals surface area contributed by atoms with Crippen LogP contribution >= 0.6 is 23.4 Å². The summed E-state index contributed by atoms with van der Waals surface area (Å²) in [5.74, 6) is 0.960. The third-order valence-corrected chi connectivity index (χ3v) is 4.77. The zero-order chi connectivity index (χ0) is 16.5. The van der Waals surface area contributed by atoms with Crippen molar-refractivity contribution in [2.24, 2.45) is 0 Å². The van der Waals surface area contributed by atoms with Gasteiger partial charge in [0.25, 0.3) is 0 Å². The van der Waals surface area contributed by atoms with Crippen LogP contribution in [-0.4, -0.2) is 18.2 Å². The van der Waals surface area contributed by atoms with Crippen LogP contribution < -0.4 is 4.90 Å². The Kier molecular flexibility index (Phi) is 7.50. The molecule has 122 valence electrons. The van der Waals surface area contributed by atoms with Crippen molar-refractivity contribution in [1.29, 1.82) is 0 Å². The zero-order valence-corrected chi connectivity index (χ0v) is 14.9. The van der Waals surface area contributed by atoms with Crippen molar-refractivity contribution in [2.75, 3.05) is 17.2 Å². The summed E-state index contributed by atoms with van der Waals surface area (Å²) < 4.78 is 0. The summed E-state index contributed by atoms with van der Waals surface area (Å²) in [6.07, 6.45) is 2.63. The van der Waals surface area contributed by atoms with E-state index in [0.29, 0.717) is 6.42 Å². The Morgan fingerprint density at radius 1 is 1.09 bits per heavy atom. The van der Waals surface area contributed by atoms with E-state index in [0.717, 1.165) is 40.7 Å². The first-order valence-corrected chi connectivity index (χ1v) is 9.31. The van der Waals surface area contributed by atoms with Gasteiger partial charge in [-0.2, -0.15) is 0 Å². The van der Waals surface area contributed by atoms with E-state index in [9.17, 15) is 4.79 Å². The monoisotopic (exact) mass is 347 g/mol. The summed E-state index contributed by atoms with van der Waals surface area (Å²) in [6.45, 7) is 2.93. The topological polar surface area (TPSA) is 20.3 Å². The minimum atomic E-state index is 0.186. The van der Waals surface area contributed by atoms with E-state index in [2.05, 4.69) is 6.92 Å². The Morgan fingerprint density at radius 2 is 1.78 bits per heavy atom. The summed E-state index contributed by atoms with van der Waals surface area (Å²) in [6, 6.07) is 17.7. The molecule has 0 N–H and O–H groups in total. The lowest BCUT2D eigenvalue weighted by Crippen LogP contribution is -2.32. The lowest BCUT2D eigenvalue weighted by atomic mass is 10.2. The summed E-state index contributed by atoms with van der Waals surface area (Å²) in [5.41, 5.74) is 0.988. The van der Waals surface area contributed by atoms with Gasteiger partial charge < -0.3 is 4.90 Å². The molecule has 2 aromatic rings. The number of carbonyl (C=O) groups excluding carboxylic acids is 1. The van der Waals surface area contributed by atoms with E-state index in [1.807, 2.05) is 59.5 Å². The van der Waals surface area contributed by atoms with Gasteiger partial charge in [-0.05, 0) is 42.8 Å². The molecular weight excluding hydrogens is 326 g/mol. The fourth-order valence-corrected chi connectivity index (χ4v) is 3.21. The van der Waals surface area contributed by atoms with Gasteiger partial charge in [0, 0.05) is 34.3 Å². The molecule has 1 amide bonds. The lowest BCUT2D eigenvalue weighted by Gasteiger charge is -2.22. The smallest absolute Gasteiger partial charge is 0.227 e. The second kappa shape index (κ2) is 9.64. The van der Waals surface area contributed by atoms with Crippen LogP contribution in [0.3, 0.4) is 0 Å². The number of benzene rings is 2. The summed E-state index contributed by atoms with van der Waals surface area (Å²) in [4.78, 5) is 15.6. The maximum atomic E-state index is 12.6. The molecule has 0 aromatic heterocycles. The molecule has 0 aliphatic rings. The Labute approximate surface area is 147 Å². The lowest BCUT2D eigenvalue weighted by molar-refractivity contribution is -0.118. The van der Waals surface area contributed by atoms with Crippen molar-refractivity contribution in [2.45, 2.75) is 31.1 Å². The molecule has 2 aromatic carbocycles. The number of hydrogen-bond donors (Lipinski definition) is 0. The highest BCUT2D eigenvalue weighted by molar-refractivity contribution is 7.99. The van der Waals surface area contributed by atoms with Crippen LogP contribution in [0.2, 0.25) is 5.02 Å². The van der Waals surface area contributed by atoms with E-state index in [-0.39, 0.29) is 5.91 Å². The normalized spacial score (nSPS) is 10.5. The quantitative estimate of drug-likeness (QED) is 0.574. The molecule has 0 atom stereocenters. The van der Waals surface area contributed by atoms with Crippen molar-refractivity contribution in [1.82, 2.24) is 0 Å². The number of amides is 1. The summed E-state index contributed by atoms with van der Waals surface area (Å²) in [7, 11) is 0. The van der Waals surface area contributed by atoms with Crippen LogP contribution in [-0.2, 0) is 4.79 Å². The van der Waals surface area contributed by atoms with Crippen molar-refractivity contribution >= 4 is 35.0 Å². The van der Waals surface area contributed by atoms with Gasteiger partial charge in [0.1, 0.15) is 0 Å². The maximum absolute atomic E-state index is 12.6. The van der Waals surface area contributed by atoms with Crippen molar-refractivity contribution in [3.8, 4) is 0 Å². The maximum Gasteiger partial charge on any atom is 0.227 e. The molecule has 23 heavy (non-hydrogen) atoms. The second-order valence-corrected chi connectivity index (χ2v) is 6.89. The number of rotatable bonds is 8. The summed E-state index contributed by atoms with van der Waals surface area (Å²) >= 11 is 7.57. The second-order valence-electron chi connectivity index (χ2n) is 5.29. The Hall–Kier alpha value is -1.45. The van der Waals surface area contributed by atoms with Gasteiger partial charge in [-0.3, -0.25) is 4.79 Å². The molecule has 0 unspecified atom stereocenters. The molecule has 2 rings (SSSR count). The van der Waals surface area contributed by atoms with Crippen molar-refractivity contribution in [3.63, 3.8) is 0 Å². The molecule has 0 fully saturated rings. The molecule has 0 saturated heterocycles. The molecule has 0 aliphatic carbocycles. The van der Waals surface area contributed by atoms with E-state index in [4.69, 9.17) is 11.6 Å². The Morgan fingerprint density at radius 3 is 2.43 bits per heavy atom. The molecule has 0 heterocycles. The molecule has 0 saturated carbocycles. The van der Waals surface area contributed by atoms with Gasteiger partial charge in [-0.25, -0.2) is 0 Å². The van der Waals surface area contributed by atoms with E-state index < -0.39 is 0 Å². The summed E-state index contributed by atoms with van der Waals surface area (Å²) in [5, 5.41) is 0.736. The van der Waals surface area contributed by atoms with E-state index in [1.54, 1.807) is 11.8 Å². The minimum Gasteiger partial charge on any atom is -0.312 e. The fraction of sp³-hybridized carbons (Fsp3) is 0.316. The largest absolute Gasteiger partial charge is 0.312 e. The molecule has 0 aliphatic heterocycles. The first-order chi connectivity index (χ1) is 11.2. The van der Waals surface area contributed by atoms with Crippen LogP contribution in [0.15, 0.2) is 59.5 Å². The van der Waals surface area contributed by atoms with Gasteiger partial charge in [0.2, 0.25) is 5.91 Å². The number of halogens is 1. The number of hydrogen-bond acceptors (Lipinski definition) is 2. The predicted molar refractivity (Wildman–Crippen MR) is 100 cm³/mol. The number of carbonyl (C=O) groups is 1. The van der Waals surface area contributed by atoms with Crippen LogP contribution in [0.4, 0.5) is 5.69 Å². The third-order valence-electron chi connectivity index (χ3n) is 3.50. The Bertz CT molecular complexity index is 601. The Balaban J connectivity index is 1.91. The molecular formula is C19H22ClNOS. The average Bonchev–Trinajstić information content (AvgIpc) is 2.58. The molecule has 0 spiro atoms. The average molecular weight is 348 g/mol. The van der Waals surface area contributed by atoms with Gasteiger partial charge in [-0.1, -0.05) is 43.1 Å². The number of para-hydroxylation sites is 1. The highest BCUT2D eigenvalue weighted by Crippen LogP contribution is 2.22. The predicted octanol–water partition coefficient (Wildman–Crippen LogP) is 5.66. The third kappa shape index (κ3) is 5.92. The standard InChI is InChI=1S/C19H22ClNOS/c1-2-3-14-21(17-7-5-4-6-8-17)19(22)13-15-23-18-11-9-16(20)10-12-18/h4-12H,2-3,13-15H2,1H3. The van der Waals surface area contributed by atoms with Gasteiger partial charge >= 0.3 is 0 Å². The number of anilines is 1. The first kappa shape index (κ1) is 17.9. The van der Waals surface area contributed by atoms with Gasteiger partial charge in [-0.15, -0.1) is 11.8 Å². The SMILES string of the molecule is CCCCN(C(=O)CCSc1ccc(Cl)cc1)c1ccccc1. The molecule has 4 heteroatoms. The van der Waals surface area contributed by atoms with Gasteiger partial charge in [0.05, 0.1) is 0 Å². The highest BCUT2D eigenvalue weighted by atomic mass is 35.5. The van der Waals surface area contributed by atoms with Crippen LogP contribution in [0.25, 0.3) is 0 Å². The molecule has 0 radical (unpaired) electrons. The van der Waals surface area contributed by atoms with Gasteiger partial charge in [0.15, 0.2) is 0 Å².